The summed E-state index contributed by atoms with van der Waals surface area (Å²) in [5.41, 5.74) is 3.33. The van der Waals surface area contributed by atoms with Crippen LogP contribution in [0.1, 0.15) is 17.4 Å². The number of pyridine rings is 1. The number of halogens is 1. The zero-order chi connectivity index (χ0) is 17.9. The number of nitrogens with zero attached hydrogens (tertiary/aromatic N) is 2. The molecule has 0 aliphatic carbocycles. The molecule has 4 aromatic rings. The average molecular weight is 363 g/mol. The zero-order valence-electron chi connectivity index (χ0n) is 13.7. The Balaban J connectivity index is 1.90. The predicted molar refractivity (Wildman–Crippen MR) is 101 cm³/mol. The van der Waals surface area contributed by atoms with Gasteiger partial charge in [-0.25, -0.2) is 0 Å². The van der Waals surface area contributed by atoms with Crippen LogP contribution in [0.3, 0.4) is 0 Å². The highest BCUT2D eigenvalue weighted by Crippen LogP contribution is 2.38. The lowest BCUT2D eigenvalue weighted by atomic mass is 9.96. The van der Waals surface area contributed by atoms with Crippen molar-refractivity contribution >= 4 is 11.6 Å². The van der Waals surface area contributed by atoms with Crippen LogP contribution in [0.15, 0.2) is 83.5 Å². The molecular formula is C21H15ClN2O2. The van der Waals surface area contributed by atoms with Crippen LogP contribution in [0, 0.1) is 0 Å². The van der Waals surface area contributed by atoms with Crippen LogP contribution in [0.5, 0.6) is 0 Å². The van der Waals surface area contributed by atoms with E-state index in [0.29, 0.717) is 27.7 Å². The molecular weight excluding hydrogens is 348 g/mol. The molecule has 0 radical (unpaired) electrons. The van der Waals surface area contributed by atoms with E-state index in [-0.39, 0.29) is 0 Å². The maximum atomic E-state index is 11.0. The van der Waals surface area contributed by atoms with Crippen LogP contribution in [0.25, 0.3) is 22.6 Å². The number of aliphatic hydroxyl groups excluding tert-OH is 1. The molecule has 0 fully saturated rings. The van der Waals surface area contributed by atoms with Gasteiger partial charge >= 0.3 is 0 Å². The number of hydrogen-bond donors (Lipinski definition) is 1. The van der Waals surface area contributed by atoms with Crippen molar-refractivity contribution in [2.24, 2.45) is 0 Å². The third-order valence-corrected chi connectivity index (χ3v) is 4.37. The van der Waals surface area contributed by atoms with E-state index < -0.39 is 6.10 Å². The summed E-state index contributed by atoms with van der Waals surface area (Å²) >= 11 is 6.00. The predicted octanol–water partition coefficient (Wildman–Crippen LogP) is 5.14. The fraction of sp³-hybridized carbons (Fsp3) is 0.0476. The SMILES string of the molecule is OC(c1ccccn1)c1c(-c2ccc(Cl)cc2)noc1-c1ccccc1. The van der Waals surface area contributed by atoms with Gasteiger partial charge in [0, 0.05) is 22.3 Å². The Hall–Kier alpha value is -2.95. The zero-order valence-corrected chi connectivity index (χ0v) is 14.5. The Bertz CT molecular complexity index is 999. The van der Waals surface area contributed by atoms with E-state index in [9.17, 15) is 5.11 Å². The number of benzene rings is 2. The molecule has 0 spiro atoms. The molecule has 4 nitrogen and oxygen atoms in total. The second kappa shape index (κ2) is 7.12. The quantitative estimate of drug-likeness (QED) is 0.546. The molecule has 2 heterocycles. The van der Waals surface area contributed by atoms with Gasteiger partial charge in [0.05, 0.1) is 11.3 Å². The average Bonchev–Trinajstić information content (AvgIpc) is 3.14. The van der Waals surface area contributed by atoms with Crippen molar-refractivity contribution in [1.82, 2.24) is 10.1 Å². The maximum absolute atomic E-state index is 11.0. The number of aliphatic hydroxyl groups is 1. The summed E-state index contributed by atoms with van der Waals surface area (Å²) in [6.07, 6.45) is 0.680. The molecule has 0 amide bonds. The van der Waals surface area contributed by atoms with E-state index in [1.807, 2.05) is 54.6 Å². The highest BCUT2D eigenvalue weighted by molar-refractivity contribution is 6.30. The molecule has 0 saturated carbocycles. The lowest BCUT2D eigenvalue weighted by Crippen LogP contribution is -2.04. The number of aromatic nitrogens is 2. The Kier molecular flexibility index (Phi) is 4.52. The summed E-state index contributed by atoms with van der Waals surface area (Å²) in [5, 5.41) is 15.9. The highest BCUT2D eigenvalue weighted by Gasteiger charge is 2.26. The van der Waals surface area contributed by atoms with Crippen molar-refractivity contribution in [2.75, 3.05) is 0 Å². The smallest absolute Gasteiger partial charge is 0.173 e. The summed E-state index contributed by atoms with van der Waals surface area (Å²) in [5.74, 6) is 0.522. The van der Waals surface area contributed by atoms with E-state index >= 15 is 0 Å². The Labute approximate surface area is 155 Å². The highest BCUT2D eigenvalue weighted by atomic mass is 35.5. The molecule has 0 aliphatic heterocycles. The first-order chi connectivity index (χ1) is 12.7. The molecule has 0 aliphatic rings. The molecule has 1 atom stereocenters. The molecule has 1 unspecified atom stereocenters. The summed E-state index contributed by atoms with van der Waals surface area (Å²) in [6, 6.07) is 22.3. The van der Waals surface area contributed by atoms with Gasteiger partial charge in [-0.1, -0.05) is 65.3 Å². The first kappa shape index (κ1) is 16.5. The Morgan fingerprint density at radius 1 is 0.846 bits per heavy atom. The van der Waals surface area contributed by atoms with Crippen molar-refractivity contribution in [3.63, 3.8) is 0 Å². The number of rotatable bonds is 4. The van der Waals surface area contributed by atoms with Crippen LogP contribution in [0.4, 0.5) is 0 Å². The van der Waals surface area contributed by atoms with Gasteiger partial charge in [0.2, 0.25) is 0 Å². The van der Waals surface area contributed by atoms with Gasteiger partial charge in [-0.2, -0.15) is 0 Å². The topological polar surface area (TPSA) is 59.2 Å². The molecule has 2 aromatic carbocycles. The minimum Gasteiger partial charge on any atom is -0.382 e. The molecule has 26 heavy (non-hydrogen) atoms. The molecule has 128 valence electrons. The van der Waals surface area contributed by atoms with Gasteiger partial charge in [0.25, 0.3) is 0 Å². The molecule has 5 heteroatoms. The minimum atomic E-state index is -0.969. The van der Waals surface area contributed by atoms with Crippen LogP contribution in [-0.4, -0.2) is 15.2 Å². The third kappa shape index (κ3) is 3.12. The van der Waals surface area contributed by atoms with Crippen molar-refractivity contribution in [1.29, 1.82) is 0 Å². The van der Waals surface area contributed by atoms with Crippen LogP contribution in [0.2, 0.25) is 5.02 Å². The molecule has 1 N–H and O–H groups in total. The van der Waals surface area contributed by atoms with Gasteiger partial charge in [-0.15, -0.1) is 0 Å². The van der Waals surface area contributed by atoms with E-state index in [0.717, 1.165) is 11.1 Å². The lowest BCUT2D eigenvalue weighted by molar-refractivity contribution is 0.215. The maximum Gasteiger partial charge on any atom is 0.173 e. The first-order valence-corrected chi connectivity index (χ1v) is 8.52. The molecule has 0 bridgehead atoms. The monoisotopic (exact) mass is 362 g/mol. The largest absolute Gasteiger partial charge is 0.382 e. The van der Waals surface area contributed by atoms with Crippen molar-refractivity contribution < 1.29 is 9.63 Å². The second-order valence-electron chi connectivity index (χ2n) is 5.80. The van der Waals surface area contributed by atoms with E-state index in [1.54, 1.807) is 24.4 Å². The van der Waals surface area contributed by atoms with E-state index in [2.05, 4.69) is 10.1 Å². The molecule has 4 rings (SSSR count). The van der Waals surface area contributed by atoms with Crippen molar-refractivity contribution in [2.45, 2.75) is 6.10 Å². The lowest BCUT2D eigenvalue weighted by Gasteiger charge is -2.12. The molecule has 2 aromatic heterocycles. The molecule has 0 saturated heterocycles. The van der Waals surface area contributed by atoms with Crippen LogP contribution < -0.4 is 0 Å². The Morgan fingerprint density at radius 3 is 2.27 bits per heavy atom. The Morgan fingerprint density at radius 2 is 1.58 bits per heavy atom. The standard InChI is InChI=1S/C21H15ClN2O2/c22-16-11-9-14(10-12-16)19-18(20(25)17-8-4-5-13-23-17)21(26-24-19)15-6-2-1-3-7-15/h1-13,20,25H. The van der Waals surface area contributed by atoms with Gasteiger partial charge in [-0.05, 0) is 24.3 Å². The van der Waals surface area contributed by atoms with Crippen molar-refractivity contribution in [3.05, 3.63) is 95.3 Å². The summed E-state index contributed by atoms with van der Waals surface area (Å²) in [6.45, 7) is 0. The van der Waals surface area contributed by atoms with E-state index in [4.69, 9.17) is 16.1 Å². The van der Waals surface area contributed by atoms with Gasteiger partial charge in [0.15, 0.2) is 5.76 Å². The second-order valence-corrected chi connectivity index (χ2v) is 6.24. The summed E-state index contributed by atoms with van der Waals surface area (Å²) < 4.78 is 5.64. The fourth-order valence-corrected chi connectivity index (χ4v) is 2.98. The van der Waals surface area contributed by atoms with Crippen LogP contribution >= 0.6 is 11.6 Å². The summed E-state index contributed by atoms with van der Waals surface area (Å²) in [7, 11) is 0. The number of hydrogen-bond acceptors (Lipinski definition) is 4. The first-order valence-electron chi connectivity index (χ1n) is 8.14. The van der Waals surface area contributed by atoms with Gasteiger partial charge in [0.1, 0.15) is 11.8 Å². The van der Waals surface area contributed by atoms with Crippen LogP contribution in [-0.2, 0) is 0 Å². The fourth-order valence-electron chi connectivity index (χ4n) is 2.85. The van der Waals surface area contributed by atoms with Gasteiger partial charge in [-0.3, -0.25) is 4.98 Å². The van der Waals surface area contributed by atoms with E-state index in [1.165, 1.54) is 0 Å². The third-order valence-electron chi connectivity index (χ3n) is 4.12. The van der Waals surface area contributed by atoms with Gasteiger partial charge < -0.3 is 9.63 Å². The van der Waals surface area contributed by atoms with Crippen molar-refractivity contribution in [3.8, 4) is 22.6 Å². The summed E-state index contributed by atoms with van der Waals surface area (Å²) in [4.78, 5) is 4.28. The normalized spacial score (nSPS) is 12.1. The minimum absolute atomic E-state index is 0.522.